The summed E-state index contributed by atoms with van der Waals surface area (Å²) in [6.07, 6.45) is 0.526. The largest absolute Gasteiger partial charge is 0.477 e. The number of ether oxygens (including phenoxy) is 1. The lowest BCUT2D eigenvalue weighted by Gasteiger charge is -2.14. The zero-order valence-corrected chi connectivity index (χ0v) is 11.1. The molecule has 0 amide bonds. The highest BCUT2D eigenvalue weighted by molar-refractivity contribution is 5.92. The van der Waals surface area contributed by atoms with Gasteiger partial charge < -0.3 is 9.84 Å². The summed E-state index contributed by atoms with van der Waals surface area (Å²) in [6.45, 7) is 1.78. The SMILES string of the molecule is CC(Oc1cc(C(=O)O)c([N+](=O)[O-])cn1)c1ccccc1. The summed E-state index contributed by atoms with van der Waals surface area (Å²) in [7, 11) is 0. The number of rotatable bonds is 5. The van der Waals surface area contributed by atoms with Crippen molar-refractivity contribution in [1.29, 1.82) is 0 Å². The average molecular weight is 288 g/mol. The molecule has 0 aliphatic heterocycles. The van der Waals surface area contributed by atoms with Gasteiger partial charge in [-0.2, -0.15) is 0 Å². The summed E-state index contributed by atoms with van der Waals surface area (Å²) in [6, 6.07) is 10.3. The topological polar surface area (TPSA) is 103 Å². The first-order valence-electron chi connectivity index (χ1n) is 6.08. The molecule has 0 fully saturated rings. The third-order valence-corrected chi connectivity index (χ3v) is 2.85. The van der Waals surface area contributed by atoms with Gasteiger partial charge in [-0.15, -0.1) is 0 Å². The van der Waals surface area contributed by atoms with Gasteiger partial charge in [-0.1, -0.05) is 30.3 Å². The van der Waals surface area contributed by atoms with Crippen LogP contribution >= 0.6 is 0 Å². The number of carboxylic acids is 1. The predicted octanol–water partition coefficient (Wildman–Crippen LogP) is 2.83. The zero-order chi connectivity index (χ0) is 15.4. The lowest BCUT2D eigenvalue weighted by molar-refractivity contribution is -0.385. The summed E-state index contributed by atoms with van der Waals surface area (Å²) in [4.78, 5) is 24.8. The molecule has 1 heterocycles. The second-order valence-corrected chi connectivity index (χ2v) is 4.27. The van der Waals surface area contributed by atoms with Crippen LogP contribution in [0, 0.1) is 10.1 Å². The number of nitro groups is 1. The van der Waals surface area contributed by atoms with E-state index in [9.17, 15) is 14.9 Å². The maximum atomic E-state index is 11.0. The van der Waals surface area contributed by atoms with Gasteiger partial charge in [-0.25, -0.2) is 9.78 Å². The number of nitrogens with zero attached hydrogens (tertiary/aromatic N) is 2. The van der Waals surface area contributed by atoms with Crippen molar-refractivity contribution in [2.45, 2.75) is 13.0 Å². The van der Waals surface area contributed by atoms with E-state index in [4.69, 9.17) is 9.84 Å². The molecular formula is C14H12N2O5. The van der Waals surface area contributed by atoms with Crippen LogP contribution in [0.5, 0.6) is 5.88 Å². The Labute approximate surface area is 120 Å². The number of pyridine rings is 1. The van der Waals surface area contributed by atoms with Gasteiger partial charge in [0.2, 0.25) is 5.88 Å². The molecule has 2 rings (SSSR count). The fraction of sp³-hybridized carbons (Fsp3) is 0.143. The van der Waals surface area contributed by atoms with Crippen LogP contribution in [0.1, 0.15) is 28.9 Å². The summed E-state index contributed by atoms with van der Waals surface area (Å²) < 4.78 is 5.53. The van der Waals surface area contributed by atoms with Crippen LogP contribution < -0.4 is 4.74 Å². The lowest BCUT2D eigenvalue weighted by Crippen LogP contribution is -2.08. The van der Waals surface area contributed by atoms with Gasteiger partial charge in [0.05, 0.1) is 4.92 Å². The maximum absolute atomic E-state index is 11.0. The van der Waals surface area contributed by atoms with Gasteiger partial charge in [-0.3, -0.25) is 10.1 Å². The molecule has 21 heavy (non-hydrogen) atoms. The smallest absolute Gasteiger partial charge is 0.342 e. The molecule has 1 atom stereocenters. The van der Waals surface area contributed by atoms with E-state index in [2.05, 4.69) is 4.98 Å². The van der Waals surface area contributed by atoms with Crippen LogP contribution in [0.15, 0.2) is 42.6 Å². The van der Waals surface area contributed by atoms with Gasteiger partial charge in [0, 0.05) is 6.07 Å². The van der Waals surface area contributed by atoms with Crippen molar-refractivity contribution in [3.63, 3.8) is 0 Å². The molecule has 2 aromatic rings. The van der Waals surface area contributed by atoms with Gasteiger partial charge in [0.1, 0.15) is 17.9 Å². The van der Waals surface area contributed by atoms with E-state index in [-0.39, 0.29) is 12.0 Å². The number of aromatic nitrogens is 1. The maximum Gasteiger partial charge on any atom is 0.342 e. The molecule has 0 aliphatic carbocycles. The number of hydrogen-bond acceptors (Lipinski definition) is 5. The van der Waals surface area contributed by atoms with Crippen molar-refractivity contribution in [1.82, 2.24) is 4.98 Å². The van der Waals surface area contributed by atoms with Gasteiger partial charge in [0.15, 0.2) is 0 Å². The Morgan fingerprint density at radius 2 is 2.05 bits per heavy atom. The lowest BCUT2D eigenvalue weighted by atomic mass is 10.1. The monoisotopic (exact) mass is 288 g/mol. The number of hydrogen-bond donors (Lipinski definition) is 1. The van der Waals surface area contributed by atoms with Crippen LogP contribution in [-0.2, 0) is 0 Å². The van der Waals surface area contributed by atoms with Gasteiger partial charge in [0.25, 0.3) is 0 Å². The molecule has 0 saturated heterocycles. The third kappa shape index (κ3) is 3.33. The average Bonchev–Trinajstić information content (AvgIpc) is 2.47. The standard InChI is InChI=1S/C14H12N2O5/c1-9(10-5-3-2-4-6-10)21-13-7-11(14(17)18)12(8-15-13)16(19)20/h2-9H,1H3,(H,17,18). The minimum absolute atomic E-state index is 0.0225. The zero-order valence-electron chi connectivity index (χ0n) is 11.1. The van der Waals surface area contributed by atoms with Gasteiger partial charge >= 0.3 is 11.7 Å². The second kappa shape index (κ2) is 6.00. The first-order chi connectivity index (χ1) is 9.99. The summed E-state index contributed by atoms with van der Waals surface area (Å²) in [5, 5.41) is 19.7. The predicted molar refractivity (Wildman–Crippen MR) is 73.3 cm³/mol. The van der Waals surface area contributed by atoms with Crippen molar-refractivity contribution >= 4 is 11.7 Å². The highest BCUT2D eigenvalue weighted by Gasteiger charge is 2.22. The number of carbonyl (C=O) groups is 1. The fourth-order valence-electron chi connectivity index (χ4n) is 1.78. The molecule has 7 heteroatoms. The Kier molecular flexibility index (Phi) is 4.13. The van der Waals surface area contributed by atoms with Crippen molar-refractivity contribution in [3.8, 4) is 5.88 Å². The number of carboxylic acid groups (broad SMARTS) is 1. The normalized spacial score (nSPS) is 11.7. The Balaban J connectivity index is 2.27. The molecule has 0 aliphatic rings. The minimum atomic E-state index is -1.40. The Morgan fingerprint density at radius 3 is 2.62 bits per heavy atom. The molecule has 0 saturated carbocycles. The second-order valence-electron chi connectivity index (χ2n) is 4.27. The van der Waals surface area contributed by atoms with E-state index in [0.717, 1.165) is 17.8 Å². The molecule has 1 aromatic carbocycles. The fourth-order valence-corrected chi connectivity index (χ4v) is 1.78. The highest BCUT2D eigenvalue weighted by Crippen LogP contribution is 2.25. The molecule has 1 aromatic heterocycles. The van der Waals surface area contributed by atoms with E-state index in [0.29, 0.717) is 0 Å². The summed E-state index contributed by atoms with van der Waals surface area (Å²) in [5.74, 6) is -1.38. The van der Waals surface area contributed by atoms with Crippen LogP contribution in [0.3, 0.4) is 0 Å². The minimum Gasteiger partial charge on any atom is -0.477 e. The summed E-state index contributed by atoms with van der Waals surface area (Å²) in [5.41, 5.74) is -0.137. The Morgan fingerprint density at radius 1 is 1.38 bits per heavy atom. The molecule has 0 radical (unpaired) electrons. The Bertz CT molecular complexity index is 672. The molecule has 1 unspecified atom stereocenters. The van der Waals surface area contributed by atoms with E-state index in [1.54, 1.807) is 6.92 Å². The van der Waals surface area contributed by atoms with Crippen LogP contribution in [0.2, 0.25) is 0 Å². The first kappa shape index (κ1) is 14.4. The molecule has 108 valence electrons. The van der Waals surface area contributed by atoms with Crippen molar-refractivity contribution in [2.24, 2.45) is 0 Å². The van der Waals surface area contributed by atoms with Crippen LogP contribution in [0.4, 0.5) is 5.69 Å². The molecular weight excluding hydrogens is 276 g/mol. The first-order valence-corrected chi connectivity index (χ1v) is 6.08. The molecule has 0 spiro atoms. The highest BCUT2D eigenvalue weighted by atomic mass is 16.6. The molecule has 1 N–H and O–H groups in total. The Hall–Kier alpha value is -2.96. The number of aromatic carboxylic acids is 1. The number of benzene rings is 1. The third-order valence-electron chi connectivity index (χ3n) is 2.85. The van der Waals surface area contributed by atoms with E-state index in [1.807, 2.05) is 30.3 Å². The van der Waals surface area contributed by atoms with Crippen molar-refractivity contribution in [3.05, 3.63) is 63.8 Å². The van der Waals surface area contributed by atoms with Gasteiger partial charge in [-0.05, 0) is 12.5 Å². The van der Waals surface area contributed by atoms with Crippen molar-refractivity contribution in [2.75, 3.05) is 0 Å². The molecule has 0 bridgehead atoms. The van der Waals surface area contributed by atoms with Crippen LogP contribution in [0.25, 0.3) is 0 Å². The van der Waals surface area contributed by atoms with E-state index in [1.165, 1.54) is 0 Å². The molecule has 7 nitrogen and oxygen atoms in total. The quantitative estimate of drug-likeness (QED) is 0.670. The van der Waals surface area contributed by atoms with Crippen LogP contribution in [-0.4, -0.2) is 21.0 Å². The van der Waals surface area contributed by atoms with E-state index >= 15 is 0 Å². The van der Waals surface area contributed by atoms with E-state index < -0.39 is 22.1 Å². The summed E-state index contributed by atoms with van der Waals surface area (Å²) >= 11 is 0. The van der Waals surface area contributed by atoms with Crippen molar-refractivity contribution < 1.29 is 19.6 Å².